The highest BCUT2D eigenvalue weighted by atomic mass is 16.4. The lowest BCUT2D eigenvalue weighted by atomic mass is 10.1. The standard InChI is InChI=1S/C18H27N5O10/c19-8(6-13(25)26)15(29)21-9(3-4-12(20)24)17(31)23-5-1-2-11(23)16(30)22-10(18(32)33)7-14(27)28/h8-11H,1-7,19H2,(H2,20,24)(H,21,29)(H,22,30)(H,25,26)(H,27,28)(H,32,33)/t8-,9-,10-,11-/m0/s1. The molecule has 33 heavy (non-hydrogen) atoms. The lowest BCUT2D eigenvalue weighted by molar-refractivity contribution is -0.148. The first-order valence-electron chi connectivity index (χ1n) is 9.95. The Bertz CT molecular complexity index is 816. The Kier molecular flexibility index (Phi) is 10.2. The van der Waals surface area contributed by atoms with Crippen LogP contribution >= 0.6 is 0 Å². The summed E-state index contributed by atoms with van der Waals surface area (Å²) in [5.74, 6) is -7.77. The summed E-state index contributed by atoms with van der Waals surface area (Å²) >= 11 is 0. The van der Waals surface area contributed by atoms with Crippen molar-refractivity contribution in [2.45, 2.75) is 62.7 Å². The molecule has 184 valence electrons. The van der Waals surface area contributed by atoms with Crippen LogP contribution in [0, 0.1) is 0 Å². The second-order valence-electron chi connectivity index (χ2n) is 7.46. The molecule has 1 fully saturated rings. The van der Waals surface area contributed by atoms with Crippen molar-refractivity contribution < 1.29 is 48.9 Å². The van der Waals surface area contributed by atoms with Crippen LogP contribution in [-0.4, -0.2) is 92.5 Å². The van der Waals surface area contributed by atoms with Gasteiger partial charge in [0.2, 0.25) is 23.6 Å². The second-order valence-corrected chi connectivity index (χ2v) is 7.46. The van der Waals surface area contributed by atoms with E-state index >= 15 is 0 Å². The molecule has 4 amide bonds. The zero-order valence-electron chi connectivity index (χ0n) is 17.6. The van der Waals surface area contributed by atoms with Gasteiger partial charge in [0.1, 0.15) is 18.1 Å². The van der Waals surface area contributed by atoms with Crippen molar-refractivity contribution in [3.05, 3.63) is 0 Å². The molecule has 0 radical (unpaired) electrons. The van der Waals surface area contributed by atoms with Crippen LogP contribution in [-0.2, 0) is 33.6 Å². The molecule has 1 heterocycles. The molecule has 0 aliphatic carbocycles. The fourth-order valence-electron chi connectivity index (χ4n) is 3.25. The molecule has 9 N–H and O–H groups in total. The summed E-state index contributed by atoms with van der Waals surface area (Å²) in [5.41, 5.74) is 10.6. The molecule has 0 aromatic heterocycles. The lowest BCUT2D eigenvalue weighted by Crippen LogP contribution is -2.57. The maximum atomic E-state index is 13.1. The van der Waals surface area contributed by atoms with Crippen molar-refractivity contribution in [1.82, 2.24) is 15.5 Å². The minimum absolute atomic E-state index is 0.0672. The van der Waals surface area contributed by atoms with Gasteiger partial charge in [0.05, 0.1) is 18.9 Å². The molecular formula is C18H27N5O10. The van der Waals surface area contributed by atoms with Crippen LogP contribution in [0.25, 0.3) is 0 Å². The van der Waals surface area contributed by atoms with E-state index < -0.39 is 78.5 Å². The fourth-order valence-corrected chi connectivity index (χ4v) is 3.25. The Morgan fingerprint density at radius 1 is 0.939 bits per heavy atom. The first-order valence-corrected chi connectivity index (χ1v) is 9.95. The SMILES string of the molecule is NC(=O)CC[C@H](NC(=O)[C@@H](N)CC(=O)O)C(=O)N1CCC[C@H]1C(=O)N[C@@H](CC(=O)O)C(=O)O. The molecule has 0 aromatic carbocycles. The quantitative estimate of drug-likeness (QED) is 0.138. The molecule has 1 saturated heterocycles. The number of nitrogens with two attached hydrogens (primary N) is 2. The molecule has 0 spiro atoms. The van der Waals surface area contributed by atoms with Gasteiger partial charge >= 0.3 is 17.9 Å². The number of primary amides is 1. The predicted octanol–water partition coefficient (Wildman–Crippen LogP) is -3.43. The summed E-state index contributed by atoms with van der Waals surface area (Å²) in [6.07, 6.45) is -1.64. The van der Waals surface area contributed by atoms with E-state index in [0.717, 1.165) is 4.90 Å². The van der Waals surface area contributed by atoms with Gasteiger partial charge in [-0.05, 0) is 19.3 Å². The number of rotatable bonds is 13. The highest BCUT2D eigenvalue weighted by molar-refractivity contribution is 5.95. The minimum Gasteiger partial charge on any atom is -0.481 e. The van der Waals surface area contributed by atoms with Crippen LogP contribution in [0.4, 0.5) is 0 Å². The van der Waals surface area contributed by atoms with Crippen molar-refractivity contribution in [2.75, 3.05) is 6.54 Å². The molecule has 0 bridgehead atoms. The zero-order chi connectivity index (χ0) is 25.3. The van der Waals surface area contributed by atoms with Gasteiger partial charge < -0.3 is 42.3 Å². The van der Waals surface area contributed by atoms with E-state index in [2.05, 4.69) is 10.6 Å². The number of carbonyl (C=O) groups excluding carboxylic acids is 4. The molecule has 15 nitrogen and oxygen atoms in total. The number of hydrogen-bond donors (Lipinski definition) is 7. The second kappa shape index (κ2) is 12.3. The van der Waals surface area contributed by atoms with Gasteiger partial charge in [0.25, 0.3) is 0 Å². The first-order chi connectivity index (χ1) is 15.3. The Hall–Kier alpha value is -3.75. The maximum Gasteiger partial charge on any atom is 0.326 e. The predicted molar refractivity (Wildman–Crippen MR) is 107 cm³/mol. The number of nitrogens with one attached hydrogen (secondary N) is 2. The van der Waals surface area contributed by atoms with Gasteiger partial charge in [-0.3, -0.25) is 28.8 Å². The van der Waals surface area contributed by atoms with E-state index in [4.69, 9.17) is 26.8 Å². The van der Waals surface area contributed by atoms with Crippen LogP contribution < -0.4 is 22.1 Å². The molecule has 0 saturated carbocycles. The highest BCUT2D eigenvalue weighted by Gasteiger charge is 2.39. The third kappa shape index (κ3) is 8.72. The highest BCUT2D eigenvalue weighted by Crippen LogP contribution is 2.20. The number of aliphatic carboxylic acids is 3. The lowest BCUT2D eigenvalue weighted by Gasteiger charge is -2.29. The minimum atomic E-state index is -1.72. The summed E-state index contributed by atoms with van der Waals surface area (Å²) in [7, 11) is 0. The smallest absolute Gasteiger partial charge is 0.326 e. The van der Waals surface area contributed by atoms with E-state index in [0.29, 0.717) is 6.42 Å². The van der Waals surface area contributed by atoms with Crippen molar-refractivity contribution in [3.63, 3.8) is 0 Å². The van der Waals surface area contributed by atoms with Crippen molar-refractivity contribution in [2.24, 2.45) is 11.5 Å². The normalized spacial score (nSPS) is 18.0. The topological polar surface area (TPSA) is 260 Å². The van der Waals surface area contributed by atoms with Gasteiger partial charge in [0.15, 0.2) is 0 Å². The van der Waals surface area contributed by atoms with Crippen LogP contribution in [0.15, 0.2) is 0 Å². The van der Waals surface area contributed by atoms with Gasteiger partial charge in [-0.2, -0.15) is 0 Å². The van der Waals surface area contributed by atoms with E-state index in [1.54, 1.807) is 0 Å². The van der Waals surface area contributed by atoms with Gasteiger partial charge in [-0.25, -0.2) is 4.79 Å². The summed E-state index contributed by atoms with van der Waals surface area (Å²) in [6, 6.07) is -5.69. The summed E-state index contributed by atoms with van der Waals surface area (Å²) in [6.45, 7) is 0.0672. The van der Waals surface area contributed by atoms with Crippen LogP contribution in [0.3, 0.4) is 0 Å². The van der Waals surface area contributed by atoms with Gasteiger partial charge in [0, 0.05) is 13.0 Å². The molecular weight excluding hydrogens is 446 g/mol. The van der Waals surface area contributed by atoms with E-state index in [-0.39, 0.29) is 25.8 Å². The Morgan fingerprint density at radius 3 is 2.06 bits per heavy atom. The summed E-state index contributed by atoms with van der Waals surface area (Å²) in [4.78, 5) is 82.9. The average Bonchev–Trinajstić information content (AvgIpc) is 3.18. The summed E-state index contributed by atoms with van der Waals surface area (Å²) in [5, 5.41) is 31.0. The van der Waals surface area contributed by atoms with Crippen LogP contribution in [0.2, 0.25) is 0 Å². The molecule has 15 heteroatoms. The Morgan fingerprint density at radius 2 is 1.55 bits per heavy atom. The van der Waals surface area contributed by atoms with Crippen LogP contribution in [0.1, 0.15) is 38.5 Å². The van der Waals surface area contributed by atoms with Crippen molar-refractivity contribution in [1.29, 1.82) is 0 Å². The van der Waals surface area contributed by atoms with Gasteiger partial charge in [-0.15, -0.1) is 0 Å². The fraction of sp³-hybridized carbons (Fsp3) is 0.611. The third-order valence-corrected chi connectivity index (χ3v) is 4.86. The molecule has 1 aliphatic heterocycles. The molecule has 4 atom stereocenters. The average molecular weight is 473 g/mol. The molecule has 1 rings (SSSR count). The van der Waals surface area contributed by atoms with Gasteiger partial charge in [-0.1, -0.05) is 0 Å². The van der Waals surface area contributed by atoms with E-state index in [1.807, 2.05) is 0 Å². The molecule has 1 aliphatic rings. The molecule has 0 unspecified atom stereocenters. The van der Waals surface area contributed by atoms with E-state index in [1.165, 1.54) is 0 Å². The van der Waals surface area contributed by atoms with Crippen LogP contribution in [0.5, 0.6) is 0 Å². The number of carboxylic acid groups (broad SMARTS) is 3. The number of nitrogens with zero attached hydrogens (tertiary/aromatic N) is 1. The Labute approximate surface area is 187 Å². The largest absolute Gasteiger partial charge is 0.481 e. The number of amides is 4. The third-order valence-electron chi connectivity index (χ3n) is 4.86. The number of hydrogen-bond acceptors (Lipinski definition) is 8. The van der Waals surface area contributed by atoms with E-state index in [9.17, 15) is 33.6 Å². The maximum absolute atomic E-state index is 13.1. The zero-order valence-corrected chi connectivity index (χ0v) is 17.6. The van der Waals surface area contributed by atoms with Crippen molar-refractivity contribution >= 4 is 41.5 Å². The van der Waals surface area contributed by atoms with Crippen molar-refractivity contribution in [3.8, 4) is 0 Å². The number of carboxylic acids is 3. The number of likely N-dealkylation sites (tertiary alicyclic amines) is 1. The number of carbonyl (C=O) groups is 7. The first kappa shape index (κ1) is 27.3. The summed E-state index contributed by atoms with van der Waals surface area (Å²) < 4.78 is 0. The Balaban J connectivity index is 2.99. The monoisotopic (exact) mass is 473 g/mol. The molecule has 0 aromatic rings.